The Kier molecular flexibility index (Phi) is 6.49. The maximum absolute atomic E-state index is 12.0. The van der Waals surface area contributed by atoms with Gasteiger partial charge in [0.2, 0.25) is 5.78 Å². The molecule has 0 aliphatic rings. The van der Waals surface area contributed by atoms with Gasteiger partial charge in [0, 0.05) is 4.88 Å². The number of ether oxygens (including phenoxy) is 2. The molecule has 0 fully saturated rings. The lowest BCUT2D eigenvalue weighted by atomic mass is 10.1. The number of carbonyl (C=O) groups is 2. The van der Waals surface area contributed by atoms with E-state index in [4.69, 9.17) is 14.7 Å². The lowest BCUT2D eigenvalue weighted by Gasteiger charge is -2.03. The van der Waals surface area contributed by atoms with Gasteiger partial charge >= 0.3 is 5.97 Å². The molecule has 2 rings (SSSR count). The molecule has 0 aliphatic heterocycles. The first kappa shape index (κ1) is 18.4. The van der Waals surface area contributed by atoms with E-state index in [0.717, 1.165) is 11.3 Å². The number of carbonyl (C=O) groups excluding carboxylic acids is 2. The van der Waals surface area contributed by atoms with Crippen molar-refractivity contribution >= 4 is 29.2 Å². The number of Topliss-reactive ketones (excluding diaryl/α,β-unsaturated/α-hetero) is 1. The molecule has 0 aliphatic carbocycles. The molecule has 0 atom stereocenters. The van der Waals surface area contributed by atoms with Gasteiger partial charge in [-0.25, -0.2) is 4.79 Å². The number of aryl methyl sites for hydroxylation is 1. The highest BCUT2D eigenvalue weighted by molar-refractivity contribution is 7.14. The minimum atomic E-state index is -0.820. The topological polar surface area (TPSA) is 76.4 Å². The van der Waals surface area contributed by atoms with Gasteiger partial charge in [0.25, 0.3) is 0 Å². The normalized spacial score (nSPS) is 10.8. The van der Waals surface area contributed by atoms with Gasteiger partial charge in [-0.3, -0.25) is 4.79 Å². The SMILES string of the molecule is CCc1ccc(C(=O)COC(=O)/C(C#N)=C/c2ccc(OC)cc2)s1. The lowest BCUT2D eigenvalue weighted by molar-refractivity contribution is -0.137. The monoisotopic (exact) mass is 355 g/mol. The number of benzene rings is 1. The zero-order valence-electron chi connectivity index (χ0n) is 13.9. The second kappa shape index (κ2) is 8.81. The zero-order valence-corrected chi connectivity index (χ0v) is 14.8. The summed E-state index contributed by atoms with van der Waals surface area (Å²) in [6.45, 7) is 1.62. The molecule has 0 saturated heterocycles. The second-order valence-electron chi connectivity index (χ2n) is 5.06. The van der Waals surface area contributed by atoms with Crippen LogP contribution in [0.15, 0.2) is 42.0 Å². The Bertz CT molecular complexity index is 828. The first-order valence-electron chi connectivity index (χ1n) is 7.62. The van der Waals surface area contributed by atoms with Gasteiger partial charge in [0.15, 0.2) is 6.61 Å². The average Bonchev–Trinajstić information content (AvgIpc) is 3.13. The van der Waals surface area contributed by atoms with Gasteiger partial charge in [-0.1, -0.05) is 19.1 Å². The maximum Gasteiger partial charge on any atom is 0.349 e. The van der Waals surface area contributed by atoms with Crippen LogP contribution in [-0.4, -0.2) is 25.5 Å². The van der Waals surface area contributed by atoms with Crippen LogP contribution < -0.4 is 4.74 Å². The van der Waals surface area contributed by atoms with Crippen LogP contribution in [0.5, 0.6) is 5.75 Å². The number of nitriles is 1. The summed E-state index contributed by atoms with van der Waals surface area (Å²) in [6, 6.07) is 12.3. The third-order valence-corrected chi connectivity index (χ3v) is 4.66. The smallest absolute Gasteiger partial charge is 0.349 e. The van der Waals surface area contributed by atoms with Gasteiger partial charge in [0.1, 0.15) is 17.4 Å². The molecule has 25 heavy (non-hydrogen) atoms. The Balaban J connectivity index is 2.00. The van der Waals surface area contributed by atoms with Gasteiger partial charge in [-0.05, 0) is 42.3 Å². The third-order valence-electron chi connectivity index (χ3n) is 3.39. The first-order valence-corrected chi connectivity index (χ1v) is 8.44. The zero-order chi connectivity index (χ0) is 18.2. The molecule has 1 aromatic carbocycles. The van der Waals surface area contributed by atoms with Crippen molar-refractivity contribution in [2.24, 2.45) is 0 Å². The van der Waals surface area contributed by atoms with E-state index in [9.17, 15) is 9.59 Å². The number of ketones is 1. The largest absolute Gasteiger partial charge is 0.497 e. The minimum Gasteiger partial charge on any atom is -0.497 e. The molecule has 0 radical (unpaired) electrons. The quantitative estimate of drug-likeness (QED) is 0.328. The fourth-order valence-corrected chi connectivity index (χ4v) is 2.87. The van der Waals surface area contributed by atoms with Crippen LogP contribution in [0.25, 0.3) is 6.08 Å². The van der Waals surface area contributed by atoms with Crippen molar-refractivity contribution in [3.05, 3.63) is 57.3 Å². The number of thiophene rings is 1. The summed E-state index contributed by atoms with van der Waals surface area (Å²) >= 11 is 1.38. The van der Waals surface area contributed by atoms with Crippen molar-refractivity contribution in [2.45, 2.75) is 13.3 Å². The second-order valence-corrected chi connectivity index (χ2v) is 6.23. The van der Waals surface area contributed by atoms with Crippen molar-refractivity contribution < 1.29 is 19.1 Å². The highest BCUT2D eigenvalue weighted by Crippen LogP contribution is 2.18. The highest BCUT2D eigenvalue weighted by Gasteiger charge is 2.15. The van der Waals surface area contributed by atoms with Crippen LogP contribution in [0.4, 0.5) is 0 Å². The van der Waals surface area contributed by atoms with Crippen LogP contribution in [0.1, 0.15) is 27.0 Å². The summed E-state index contributed by atoms with van der Waals surface area (Å²) in [4.78, 5) is 25.7. The van der Waals surface area contributed by atoms with Crippen LogP contribution in [-0.2, 0) is 16.0 Å². The van der Waals surface area contributed by atoms with E-state index >= 15 is 0 Å². The van der Waals surface area contributed by atoms with Gasteiger partial charge < -0.3 is 9.47 Å². The van der Waals surface area contributed by atoms with Crippen molar-refractivity contribution in [3.8, 4) is 11.8 Å². The number of methoxy groups -OCH3 is 1. The summed E-state index contributed by atoms with van der Waals surface area (Å²) in [6.07, 6.45) is 2.26. The predicted molar refractivity (Wildman–Crippen MR) is 95.6 cm³/mol. The van der Waals surface area contributed by atoms with Gasteiger partial charge in [-0.2, -0.15) is 5.26 Å². The number of rotatable bonds is 7. The Morgan fingerprint density at radius 1 is 1.20 bits per heavy atom. The van der Waals surface area contributed by atoms with Crippen molar-refractivity contribution in [1.29, 1.82) is 5.26 Å². The third kappa shape index (κ3) is 5.03. The van der Waals surface area contributed by atoms with E-state index in [1.165, 1.54) is 17.4 Å². The standard InChI is InChI=1S/C19H17NO4S/c1-3-16-8-9-18(25-16)17(21)12-24-19(22)14(11-20)10-13-4-6-15(23-2)7-5-13/h4-10H,3,12H2,1-2H3/b14-10+. The highest BCUT2D eigenvalue weighted by atomic mass is 32.1. The van der Waals surface area contributed by atoms with Crippen molar-refractivity contribution in [1.82, 2.24) is 0 Å². The van der Waals surface area contributed by atoms with Crippen molar-refractivity contribution in [3.63, 3.8) is 0 Å². The predicted octanol–water partition coefficient (Wildman–Crippen LogP) is 3.65. The van der Waals surface area contributed by atoms with E-state index in [0.29, 0.717) is 16.2 Å². The molecule has 128 valence electrons. The average molecular weight is 355 g/mol. The molecule has 5 nitrogen and oxygen atoms in total. The van der Waals surface area contributed by atoms with Crippen LogP contribution in [0, 0.1) is 11.3 Å². The number of esters is 1. The molecule has 1 aromatic heterocycles. The molecule has 0 N–H and O–H groups in total. The van der Waals surface area contributed by atoms with Gasteiger partial charge in [0.05, 0.1) is 12.0 Å². The van der Waals surface area contributed by atoms with E-state index in [-0.39, 0.29) is 18.0 Å². The molecular weight excluding hydrogens is 338 g/mol. The Labute approximate surface area is 150 Å². The molecule has 0 bridgehead atoms. The molecular formula is C19H17NO4S. The van der Waals surface area contributed by atoms with E-state index in [1.807, 2.05) is 13.0 Å². The number of hydrogen-bond donors (Lipinski definition) is 0. The van der Waals surface area contributed by atoms with Crippen LogP contribution in [0.3, 0.4) is 0 Å². The maximum atomic E-state index is 12.0. The Hall–Kier alpha value is -2.91. The fourth-order valence-electron chi connectivity index (χ4n) is 2.00. The number of nitrogens with zero attached hydrogens (tertiary/aromatic N) is 1. The summed E-state index contributed by atoms with van der Waals surface area (Å²) in [7, 11) is 1.55. The number of hydrogen-bond acceptors (Lipinski definition) is 6. The van der Waals surface area contributed by atoms with E-state index < -0.39 is 5.97 Å². The van der Waals surface area contributed by atoms with Crippen LogP contribution in [0.2, 0.25) is 0 Å². The Morgan fingerprint density at radius 2 is 1.92 bits per heavy atom. The molecule has 0 spiro atoms. The molecule has 1 heterocycles. The Morgan fingerprint density at radius 3 is 2.48 bits per heavy atom. The molecule has 6 heteroatoms. The summed E-state index contributed by atoms with van der Waals surface area (Å²) in [5.74, 6) is -0.426. The van der Waals surface area contributed by atoms with Crippen LogP contribution >= 0.6 is 11.3 Å². The summed E-state index contributed by atoms with van der Waals surface area (Å²) < 4.78 is 10.0. The molecule has 0 unspecified atom stereocenters. The lowest BCUT2D eigenvalue weighted by Crippen LogP contribution is -2.14. The fraction of sp³-hybridized carbons (Fsp3) is 0.211. The summed E-state index contributed by atoms with van der Waals surface area (Å²) in [5, 5.41) is 9.15. The summed E-state index contributed by atoms with van der Waals surface area (Å²) in [5.41, 5.74) is 0.491. The first-order chi connectivity index (χ1) is 12.1. The minimum absolute atomic E-state index is 0.168. The van der Waals surface area contributed by atoms with Gasteiger partial charge in [-0.15, -0.1) is 11.3 Å². The molecule has 2 aromatic rings. The van der Waals surface area contributed by atoms with E-state index in [1.54, 1.807) is 43.5 Å². The molecule has 0 saturated carbocycles. The van der Waals surface area contributed by atoms with E-state index in [2.05, 4.69) is 0 Å². The van der Waals surface area contributed by atoms with Crippen molar-refractivity contribution in [2.75, 3.05) is 13.7 Å². The molecule has 0 amide bonds.